The van der Waals surface area contributed by atoms with Gasteiger partial charge in [-0.1, -0.05) is 13.8 Å². The standard InChI is InChI=1S/C13H25NOS/c1-10-3-5-13(15,6-4-10)9-14-12-7-11(2)16-8-12/h10-12,14-15H,3-9H2,1-2H3. The van der Waals surface area contributed by atoms with E-state index < -0.39 is 5.60 Å². The molecule has 2 unspecified atom stereocenters. The highest BCUT2D eigenvalue weighted by Gasteiger charge is 2.33. The zero-order chi connectivity index (χ0) is 11.6. The molecule has 0 amide bonds. The second-order valence-corrected chi connectivity index (χ2v) is 7.34. The lowest BCUT2D eigenvalue weighted by Crippen LogP contribution is -2.46. The number of hydrogen-bond donors (Lipinski definition) is 2. The van der Waals surface area contributed by atoms with E-state index in [2.05, 4.69) is 19.2 Å². The molecule has 1 saturated carbocycles. The number of rotatable bonds is 3. The van der Waals surface area contributed by atoms with Crippen LogP contribution >= 0.6 is 11.8 Å². The Kier molecular flexibility index (Phi) is 4.20. The summed E-state index contributed by atoms with van der Waals surface area (Å²) in [5.74, 6) is 2.02. The lowest BCUT2D eigenvalue weighted by Gasteiger charge is -2.35. The zero-order valence-corrected chi connectivity index (χ0v) is 11.4. The van der Waals surface area contributed by atoms with Gasteiger partial charge in [-0.3, -0.25) is 0 Å². The third-order valence-electron chi connectivity index (χ3n) is 4.12. The third kappa shape index (κ3) is 3.38. The van der Waals surface area contributed by atoms with E-state index in [4.69, 9.17) is 0 Å². The Hall–Kier alpha value is 0.270. The summed E-state index contributed by atoms with van der Waals surface area (Å²) < 4.78 is 0. The van der Waals surface area contributed by atoms with Crippen LogP contribution in [-0.4, -0.2) is 34.3 Å². The van der Waals surface area contributed by atoms with Crippen LogP contribution in [0, 0.1) is 5.92 Å². The molecule has 2 N–H and O–H groups in total. The van der Waals surface area contributed by atoms with Crippen LogP contribution in [0.1, 0.15) is 46.0 Å². The van der Waals surface area contributed by atoms with E-state index in [0.29, 0.717) is 6.04 Å². The quantitative estimate of drug-likeness (QED) is 0.798. The van der Waals surface area contributed by atoms with Crippen molar-refractivity contribution in [3.05, 3.63) is 0 Å². The van der Waals surface area contributed by atoms with Crippen LogP contribution in [0.5, 0.6) is 0 Å². The first kappa shape index (κ1) is 12.7. The summed E-state index contributed by atoms with van der Waals surface area (Å²) in [6, 6.07) is 0.628. The Morgan fingerprint density at radius 1 is 1.31 bits per heavy atom. The molecule has 3 heteroatoms. The van der Waals surface area contributed by atoms with E-state index in [1.807, 2.05) is 11.8 Å². The van der Waals surface area contributed by atoms with Gasteiger partial charge in [-0.25, -0.2) is 0 Å². The largest absolute Gasteiger partial charge is 0.389 e. The third-order valence-corrected chi connectivity index (χ3v) is 5.48. The van der Waals surface area contributed by atoms with Crippen LogP contribution in [0.2, 0.25) is 0 Å². The van der Waals surface area contributed by atoms with Crippen molar-refractivity contribution in [2.75, 3.05) is 12.3 Å². The van der Waals surface area contributed by atoms with Crippen LogP contribution < -0.4 is 5.32 Å². The first-order valence-corrected chi connectivity index (χ1v) is 7.70. The maximum atomic E-state index is 10.4. The van der Waals surface area contributed by atoms with Gasteiger partial charge in [0.1, 0.15) is 0 Å². The molecule has 2 atom stereocenters. The summed E-state index contributed by atoms with van der Waals surface area (Å²) in [6.07, 6.45) is 5.60. The fraction of sp³-hybridized carbons (Fsp3) is 1.00. The fourth-order valence-corrected chi connectivity index (χ4v) is 3.95. The maximum absolute atomic E-state index is 10.4. The topological polar surface area (TPSA) is 32.3 Å². The lowest BCUT2D eigenvalue weighted by molar-refractivity contribution is -0.00769. The Balaban J connectivity index is 1.72. The summed E-state index contributed by atoms with van der Waals surface area (Å²) in [7, 11) is 0. The van der Waals surface area contributed by atoms with Crippen molar-refractivity contribution in [2.45, 2.75) is 62.8 Å². The van der Waals surface area contributed by atoms with E-state index >= 15 is 0 Å². The van der Waals surface area contributed by atoms with Gasteiger partial charge in [-0.15, -0.1) is 0 Å². The molecule has 16 heavy (non-hydrogen) atoms. The molecule has 0 aromatic rings. The molecule has 2 nitrogen and oxygen atoms in total. The highest BCUT2D eigenvalue weighted by molar-refractivity contribution is 8.00. The van der Waals surface area contributed by atoms with Gasteiger partial charge in [0, 0.05) is 23.6 Å². The molecule has 2 aliphatic rings. The molecule has 94 valence electrons. The number of aliphatic hydroxyl groups is 1. The molecule has 0 bridgehead atoms. The highest BCUT2D eigenvalue weighted by Crippen LogP contribution is 2.32. The molecule has 1 saturated heterocycles. The summed E-state index contributed by atoms with van der Waals surface area (Å²) in [4.78, 5) is 0. The Labute approximate surface area is 104 Å². The van der Waals surface area contributed by atoms with Gasteiger partial charge >= 0.3 is 0 Å². The molecule has 2 fully saturated rings. The summed E-state index contributed by atoms with van der Waals surface area (Å²) in [6.45, 7) is 5.39. The van der Waals surface area contributed by atoms with Gasteiger partial charge in [0.15, 0.2) is 0 Å². The van der Waals surface area contributed by atoms with Crippen LogP contribution in [0.25, 0.3) is 0 Å². The van der Waals surface area contributed by atoms with Crippen LogP contribution in [0.3, 0.4) is 0 Å². The summed E-state index contributed by atoms with van der Waals surface area (Å²) >= 11 is 2.05. The average molecular weight is 243 g/mol. The SMILES string of the molecule is CC1CCC(O)(CNC2CSC(C)C2)CC1. The minimum atomic E-state index is -0.414. The van der Waals surface area contributed by atoms with Crippen molar-refractivity contribution in [1.82, 2.24) is 5.32 Å². The van der Waals surface area contributed by atoms with Crippen molar-refractivity contribution in [3.8, 4) is 0 Å². The van der Waals surface area contributed by atoms with Crippen molar-refractivity contribution in [3.63, 3.8) is 0 Å². The van der Waals surface area contributed by atoms with Crippen LogP contribution in [0.4, 0.5) is 0 Å². The molecule has 0 radical (unpaired) electrons. The summed E-state index contributed by atoms with van der Waals surface area (Å²) in [5, 5.41) is 14.8. The maximum Gasteiger partial charge on any atom is 0.0771 e. The van der Waals surface area contributed by atoms with Gasteiger partial charge < -0.3 is 10.4 Å². The molecular formula is C13H25NOS. The van der Waals surface area contributed by atoms with Crippen molar-refractivity contribution in [2.24, 2.45) is 5.92 Å². The first-order valence-electron chi connectivity index (χ1n) is 6.65. The number of thioether (sulfide) groups is 1. The second-order valence-electron chi connectivity index (χ2n) is 5.86. The van der Waals surface area contributed by atoms with Gasteiger partial charge in [0.05, 0.1) is 5.60 Å². The number of nitrogens with one attached hydrogen (secondary N) is 1. The molecule has 0 spiro atoms. The Morgan fingerprint density at radius 3 is 2.56 bits per heavy atom. The van der Waals surface area contributed by atoms with Gasteiger partial charge in [-0.05, 0) is 38.0 Å². The van der Waals surface area contributed by atoms with Gasteiger partial charge in [0.25, 0.3) is 0 Å². The lowest BCUT2D eigenvalue weighted by atomic mass is 9.79. The first-order chi connectivity index (χ1) is 7.57. The van der Waals surface area contributed by atoms with Gasteiger partial charge in [-0.2, -0.15) is 11.8 Å². The van der Waals surface area contributed by atoms with E-state index in [1.54, 1.807) is 0 Å². The predicted octanol–water partition coefficient (Wildman–Crippen LogP) is 2.41. The molecule has 1 aliphatic heterocycles. The van der Waals surface area contributed by atoms with Gasteiger partial charge in [0.2, 0.25) is 0 Å². The molecule has 1 aliphatic carbocycles. The minimum absolute atomic E-state index is 0.414. The molecule has 1 heterocycles. The van der Waals surface area contributed by atoms with E-state index in [0.717, 1.165) is 30.6 Å². The van der Waals surface area contributed by atoms with E-state index in [9.17, 15) is 5.11 Å². The van der Waals surface area contributed by atoms with E-state index in [-0.39, 0.29) is 0 Å². The monoisotopic (exact) mass is 243 g/mol. The molecule has 0 aromatic carbocycles. The smallest absolute Gasteiger partial charge is 0.0771 e. The summed E-state index contributed by atoms with van der Waals surface area (Å²) in [5.41, 5.74) is -0.414. The van der Waals surface area contributed by atoms with Crippen LogP contribution in [-0.2, 0) is 0 Å². The van der Waals surface area contributed by atoms with Crippen molar-refractivity contribution < 1.29 is 5.11 Å². The normalized spacial score (nSPS) is 44.8. The zero-order valence-electron chi connectivity index (χ0n) is 10.5. The fourth-order valence-electron chi connectivity index (χ4n) is 2.77. The van der Waals surface area contributed by atoms with E-state index in [1.165, 1.54) is 25.0 Å². The molecule has 2 rings (SSSR count). The Morgan fingerprint density at radius 2 is 2.00 bits per heavy atom. The van der Waals surface area contributed by atoms with Crippen LogP contribution in [0.15, 0.2) is 0 Å². The molecule has 0 aromatic heterocycles. The second kappa shape index (κ2) is 5.28. The average Bonchev–Trinajstić information content (AvgIpc) is 2.67. The molecular weight excluding hydrogens is 218 g/mol. The predicted molar refractivity (Wildman–Crippen MR) is 70.9 cm³/mol. The highest BCUT2D eigenvalue weighted by atomic mass is 32.2. The Bertz CT molecular complexity index is 226. The van der Waals surface area contributed by atoms with Crippen molar-refractivity contribution >= 4 is 11.8 Å². The minimum Gasteiger partial charge on any atom is -0.389 e. The number of hydrogen-bond acceptors (Lipinski definition) is 3. The van der Waals surface area contributed by atoms with Crippen molar-refractivity contribution in [1.29, 1.82) is 0 Å².